The maximum Gasteiger partial charge on any atom is 0.319 e. The van der Waals surface area contributed by atoms with E-state index in [0.717, 1.165) is 11.1 Å². The van der Waals surface area contributed by atoms with Crippen molar-refractivity contribution < 1.29 is 9.59 Å². The van der Waals surface area contributed by atoms with Crippen LogP contribution in [0.5, 0.6) is 0 Å². The molecule has 23 heavy (non-hydrogen) atoms. The Kier molecular flexibility index (Phi) is 5.68. The number of aromatic nitrogens is 1. The van der Waals surface area contributed by atoms with Crippen molar-refractivity contribution in [3.8, 4) is 0 Å². The number of amides is 3. The number of anilines is 2. The van der Waals surface area contributed by atoms with Crippen LogP contribution in [0.2, 0.25) is 0 Å². The lowest BCUT2D eigenvalue weighted by Crippen LogP contribution is -2.31. The van der Waals surface area contributed by atoms with E-state index >= 15 is 0 Å². The van der Waals surface area contributed by atoms with E-state index in [1.165, 1.54) is 0 Å². The molecule has 120 valence electrons. The van der Waals surface area contributed by atoms with Gasteiger partial charge in [-0.05, 0) is 37.6 Å². The van der Waals surface area contributed by atoms with E-state index in [0.29, 0.717) is 11.5 Å². The molecule has 3 N–H and O–H groups in total. The molecule has 0 spiro atoms. The normalized spacial score (nSPS) is 10.0. The summed E-state index contributed by atoms with van der Waals surface area (Å²) in [5, 5.41) is 8.02. The summed E-state index contributed by atoms with van der Waals surface area (Å²) in [5.74, 6) is 0.307. The lowest BCUT2D eigenvalue weighted by atomic mass is 10.2. The van der Waals surface area contributed by atoms with Crippen LogP contribution in [-0.4, -0.2) is 23.5 Å². The fourth-order valence-electron chi connectivity index (χ4n) is 1.85. The molecule has 2 aromatic rings. The molecule has 0 radical (unpaired) electrons. The molecule has 0 saturated carbocycles. The van der Waals surface area contributed by atoms with Crippen LogP contribution in [0.4, 0.5) is 16.3 Å². The van der Waals surface area contributed by atoms with E-state index in [-0.39, 0.29) is 24.9 Å². The summed E-state index contributed by atoms with van der Waals surface area (Å²) in [7, 11) is 0. The third-order valence-corrected chi connectivity index (χ3v) is 3.13. The smallest absolute Gasteiger partial charge is 0.319 e. The van der Waals surface area contributed by atoms with Gasteiger partial charge in [0.2, 0.25) is 5.91 Å². The minimum Gasteiger partial charge on any atom is -0.337 e. The Labute approximate surface area is 135 Å². The minimum atomic E-state index is -0.338. The van der Waals surface area contributed by atoms with E-state index in [4.69, 9.17) is 0 Å². The molecule has 0 aliphatic rings. The van der Waals surface area contributed by atoms with Crippen molar-refractivity contribution in [3.63, 3.8) is 0 Å². The maximum absolute atomic E-state index is 11.8. The van der Waals surface area contributed by atoms with E-state index in [2.05, 4.69) is 20.9 Å². The van der Waals surface area contributed by atoms with Gasteiger partial charge < -0.3 is 16.0 Å². The monoisotopic (exact) mass is 312 g/mol. The quantitative estimate of drug-likeness (QED) is 0.794. The summed E-state index contributed by atoms with van der Waals surface area (Å²) in [6, 6.07) is 10.8. The second kappa shape index (κ2) is 7.93. The number of nitrogens with one attached hydrogen (secondary N) is 3. The van der Waals surface area contributed by atoms with Crippen LogP contribution in [0.1, 0.15) is 17.5 Å². The molecular weight excluding hydrogens is 292 g/mol. The zero-order valence-corrected chi connectivity index (χ0v) is 13.2. The summed E-state index contributed by atoms with van der Waals surface area (Å²) in [4.78, 5) is 27.6. The summed E-state index contributed by atoms with van der Waals surface area (Å²) >= 11 is 0. The van der Waals surface area contributed by atoms with Crippen molar-refractivity contribution in [3.05, 3.63) is 53.7 Å². The third-order valence-electron chi connectivity index (χ3n) is 3.13. The standard InChI is InChI=1S/C17H20N4O2/c1-12-3-6-14(7-4-12)20-17(23)18-10-9-16(22)21-15-8-5-13(2)11-19-15/h3-8,11H,9-10H2,1-2H3,(H2,18,20,23)(H,19,21,22). The highest BCUT2D eigenvalue weighted by Crippen LogP contribution is 2.08. The summed E-state index contributed by atoms with van der Waals surface area (Å²) < 4.78 is 0. The van der Waals surface area contributed by atoms with Gasteiger partial charge in [-0.2, -0.15) is 0 Å². The Morgan fingerprint density at radius 2 is 1.65 bits per heavy atom. The van der Waals surface area contributed by atoms with Crippen LogP contribution in [-0.2, 0) is 4.79 Å². The van der Waals surface area contributed by atoms with Gasteiger partial charge in [-0.3, -0.25) is 4.79 Å². The van der Waals surface area contributed by atoms with Crippen LogP contribution >= 0.6 is 0 Å². The first-order valence-electron chi connectivity index (χ1n) is 7.37. The Balaban J connectivity index is 1.69. The van der Waals surface area contributed by atoms with Crippen molar-refractivity contribution in [1.82, 2.24) is 10.3 Å². The number of rotatable bonds is 5. The summed E-state index contributed by atoms with van der Waals surface area (Å²) in [6.45, 7) is 4.15. The number of urea groups is 1. The first kappa shape index (κ1) is 16.5. The molecule has 0 bridgehead atoms. The van der Waals surface area contributed by atoms with Gasteiger partial charge in [0.1, 0.15) is 5.82 Å². The van der Waals surface area contributed by atoms with Crippen molar-refractivity contribution in [2.24, 2.45) is 0 Å². The van der Waals surface area contributed by atoms with E-state index in [1.807, 2.05) is 44.2 Å². The van der Waals surface area contributed by atoms with Crippen LogP contribution in [0.15, 0.2) is 42.6 Å². The number of carbonyl (C=O) groups is 2. The van der Waals surface area contributed by atoms with Crippen molar-refractivity contribution in [2.45, 2.75) is 20.3 Å². The maximum atomic E-state index is 11.8. The van der Waals surface area contributed by atoms with E-state index in [9.17, 15) is 9.59 Å². The SMILES string of the molecule is Cc1ccc(NC(=O)NCCC(=O)Nc2ccc(C)cn2)cc1. The van der Waals surface area contributed by atoms with Crippen molar-refractivity contribution in [2.75, 3.05) is 17.2 Å². The Morgan fingerprint density at radius 3 is 2.30 bits per heavy atom. The van der Waals surface area contributed by atoms with Crippen LogP contribution in [0.3, 0.4) is 0 Å². The van der Waals surface area contributed by atoms with Crippen LogP contribution in [0.25, 0.3) is 0 Å². The average Bonchev–Trinajstić information content (AvgIpc) is 2.52. The van der Waals surface area contributed by atoms with Crippen molar-refractivity contribution in [1.29, 1.82) is 0 Å². The Hall–Kier alpha value is -2.89. The fourth-order valence-corrected chi connectivity index (χ4v) is 1.85. The first-order valence-corrected chi connectivity index (χ1v) is 7.37. The van der Waals surface area contributed by atoms with Gasteiger partial charge >= 0.3 is 6.03 Å². The molecule has 1 aromatic heterocycles. The van der Waals surface area contributed by atoms with Crippen LogP contribution in [0, 0.1) is 13.8 Å². The molecule has 1 heterocycles. The van der Waals surface area contributed by atoms with E-state index in [1.54, 1.807) is 12.3 Å². The average molecular weight is 312 g/mol. The molecule has 2 rings (SSSR count). The van der Waals surface area contributed by atoms with Gasteiger partial charge in [0, 0.05) is 24.8 Å². The topological polar surface area (TPSA) is 83.1 Å². The number of benzene rings is 1. The summed E-state index contributed by atoms with van der Waals surface area (Å²) in [5.41, 5.74) is 2.86. The highest BCUT2D eigenvalue weighted by atomic mass is 16.2. The minimum absolute atomic E-state index is 0.177. The molecule has 0 aliphatic carbocycles. The molecule has 6 nitrogen and oxygen atoms in total. The number of hydrogen-bond acceptors (Lipinski definition) is 3. The highest BCUT2D eigenvalue weighted by Gasteiger charge is 2.05. The number of nitrogens with zero attached hydrogens (tertiary/aromatic N) is 1. The number of carbonyl (C=O) groups excluding carboxylic acids is 2. The zero-order chi connectivity index (χ0) is 16.7. The van der Waals surface area contributed by atoms with Crippen molar-refractivity contribution >= 4 is 23.4 Å². The molecule has 0 atom stereocenters. The van der Waals surface area contributed by atoms with Gasteiger partial charge in [-0.1, -0.05) is 23.8 Å². The predicted molar refractivity (Wildman–Crippen MR) is 90.4 cm³/mol. The molecule has 3 amide bonds. The second-order valence-electron chi connectivity index (χ2n) is 5.27. The molecule has 0 fully saturated rings. The summed E-state index contributed by atoms with van der Waals surface area (Å²) in [6.07, 6.45) is 1.86. The number of pyridine rings is 1. The molecule has 0 aliphatic heterocycles. The van der Waals surface area contributed by atoms with Gasteiger partial charge in [0.15, 0.2) is 0 Å². The van der Waals surface area contributed by atoms with Gasteiger partial charge in [0.05, 0.1) is 0 Å². The lowest BCUT2D eigenvalue weighted by molar-refractivity contribution is -0.116. The molecule has 1 aromatic carbocycles. The number of hydrogen-bond donors (Lipinski definition) is 3. The van der Waals surface area contributed by atoms with Crippen LogP contribution < -0.4 is 16.0 Å². The second-order valence-corrected chi connectivity index (χ2v) is 5.27. The highest BCUT2D eigenvalue weighted by molar-refractivity contribution is 5.91. The molecule has 0 saturated heterocycles. The number of aryl methyl sites for hydroxylation is 2. The fraction of sp³-hybridized carbons (Fsp3) is 0.235. The zero-order valence-electron chi connectivity index (χ0n) is 13.2. The largest absolute Gasteiger partial charge is 0.337 e. The molecular formula is C17H20N4O2. The molecule has 0 unspecified atom stereocenters. The van der Waals surface area contributed by atoms with E-state index < -0.39 is 0 Å². The lowest BCUT2D eigenvalue weighted by Gasteiger charge is -2.08. The van der Waals surface area contributed by atoms with Gasteiger partial charge in [0.25, 0.3) is 0 Å². The Morgan fingerprint density at radius 1 is 0.957 bits per heavy atom. The van der Waals surface area contributed by atoms with Gasteiger partial charge in [-0.15, -0.1) is 0 Å². The van der Waals surface area contributed by atoms with Gasteiger partial charge in [-0.25, -0.2) is 9.78 Å². The molecule has 6 heteroatoms. The third kappa shape index (κ3) is 5.78. The Bertz CT molecular complexity index is 606. The first-order chi connectivity index (χ1) is 11.0. The predicted octanol–water partition coefficient (Wildman–Crippen LogP) is 2.85.